The Bertz CT molecular complexity index is 1510. The highest BCUT2D eigenvalue weighted by Crippen LogP contribution is 2.44. The Kier molecular flexibility index (Phi) is 6.28. The summed E-state index contributed by atoms with van der Waals surface area (Å²) >= 11 is 0. The molecule has 0 amide bonds. The molecule has 1 aromatic carbocycles. The fraction of sp³-hybridized carbons (Fsp3) is 0.519. The normalized spacial score (nSPS) is 27.4. The van der Waals surface area contributed by atoms with Crippen molar-refractivity contribution in [3.63, 3.8) is 0 Å². The van der Waals surface area contributed by atoms with E-state index < -0.39 is 18.1 Å². The van der Waals surface area contributed by atoms with Gasteiger partial charge in [0.2, 0.25) is 0 Å². The van der Waals surface area contributed by atoms with Gasteiger partial charge in [0.15, 0.2) is 29.0 Å². The minimum absolute atomic E-state index is 0.0193. The zero-order valence-electron chi connectivity index (χ0n) is 22.6. The molecule has 0 radical (unpaired) electrons. The topological polar surface area (TPSA) is 143 Å². The van der Waals surface area contributed by atoms with E-state index in [1.54, 1.807) is 11.0 Å². The van der Waals surface area contributed by atoms with Gasteiger partial charge in [0.25, 0.3) is 5.95 Å². The first-order valence-corrected chi connectivity index (χ1v) is 13.6. The number of hydrogen-bond acceptors (Lipinski definition) is 11. The third-order valence-electron chi connectivity index (χ3n) is 7.54. The Hall–Kier alpha value is -3.49. The molecular formula is C27H32N8O5. The number of hydrogen-bond donors (Lipinski definition) is 2. The molecule has 210 valence electrons. The quantitative estimate of drug-likeness (QED) is 0.351. The molecule has 3 saturated heterocycles. The summed E-state index contributed by atoms with van der Waals surface area (Å²) in [4.78, 5) is 14.4. The van der Waals surface area contributed by atoms with Gasteiger partial charge in [-0.25, -0.2) is 4.98 Å². The number of nitrogens with zero attached hydrogens (tertiary/aromatic N) is 7. The zero-order chi connectivity index (χ0) is 27.4. The monoisotopic (exact) mass is 548 g/mol. The lowest BCUT2D eigenvalue weighted by Gasteiger charge is -2.24. The molecule has 0 spiro atoms. The highest BCUT2D eigenvalue weighted by molar-refractivity contribution is 5.84. The standard InChI is InChI=1S/C27H32N8O5/c1-15-4-6-16(7-5-15)18-12-35(33-32-18)26-30-23(29-17-9-11-37-13-17)20-24(31-26)34(14-28-20)25-22-21(19(38-25)8-10-36)39-27(2,3)40-22/h4-7,12,14,17,19,21-22,25,36H,8-11,13H2,1-3H3,(H,29,30,31)/t17?,19-,21-,22-,25-/m1/s1. The van der Waals surface area contributed by atoms with Crippen LogP contribution in [-0.4, -0.2) is 89.6 Å². The second kappa shape index (κ2) is 9.85. The van der Waals surface area contributed by atoms with Gasteiger partial charge in [-0.3, -0.25) is 4.57 Å². The minimum Gasteiger partial charge on any atom is -0.396 e. The third kappa shape index (κ3) is 4.53. The first-order chi connectivity index (χ1) is 19.4. The van der Waals surface area contributed by atoms with Crippen molar-refractivity contribution in [1.29, 1.82) is 0 Å². The number of benzene rings is 1. The highest BCUT2D eigenvalue weighted by Gasteiger charge is 2.55. The van der Waals surface area contributed by atoms with Gasteiger partial charge in [-0.1, -0.05) is 35.0 Å². The van der Waals surface area contributed by atoms with Crippen molar-refractivity contribution in [2.75, 3.05) is 25.1 Å². The highest BCUT2D eigenvalue weighted by atomic mass is 16.8. The second-order valence-electron chi connectivity index (χ2n) is 11.0. The summed E-state index contributed by atoms with van der Waals surface area (Å²) in [5, 5.41) is 21.8. The van der Waals surface area contributed by atoms with Crippen LogP contribution in [0.15, 0.2) is 36.8 Å². The molecule has 7 rings (SSSR count). The number of ether oxygens (including phenoxy) is 4. The van der Waals surface area contributed by atoms with Gasteiger partial charge >= 0.3 is 0 Å². The average Bonchev–Trinajstić information content (AvgIpc) is 3.75. The molecule has 40 heavy (non-hydrogen) atoms. The van der Waals surface area contributed by atoms with Crippen LogP contribution >= 0.6 is 0 Å². The molecule has 4 aromatic rings. The SMILES string of the molecule is Cc1ccc(-c2cn(-c3nc(NC4CCOC4)c4ncn([C@@H]5O[C@H](CCO)[C@H]6OC(C)(C)O[C@H]65)c4n3)nn2)cc1. The van der Waals surface area contributed by atoms with E-state index in [4.69, 9.17) is 28.9 Å². The van der Waals surface area contributed by atoms with Crippen molar-refractivity contribution in [3.05, 3.63) is 42.4 Å². The van der Waals surface area contributed by atoms with Crippen molar-refractivity contribution < 1.29 is 24.1 Å². The first-order valence-electron chi connectivity index (χ1n) is 13.6. The smallest absolute Gasteiger partial charge is 0.256 e. The van der Waals surface area contributed by atoms with E-state index >= 15 is 0 Å². The van der Waals surface area contributed by atoms with E-state index in [-0.39, 0.29) is 24.9 Å². The summed E-state index contributed by atoms with van der Waals surface area (Å²) in [5.41, 5.74) is 3.98. The van der Waals surface area contributed by atoms with Crippen LogP contribution in [0.4, 0.5) is 5.82 Å². The van der Waals surface area contributed by atoms with E-state index in [0.29, 0.717) is 48.3 Å². The van der Waals surface area contributed by atoms with Crippen LogP contribution in [-0.2, 0) is 18.9 Å². The number of rotatable bonds is 7. The van der Waals surface area contributed by atoms with Crippen LogP contribution < -0.4 is 5.32 Å². The van der Waals surface area contributed by atoms with Gasteiger partial charge in [-0.15, -0.1) is 5.10 Å². The number of nitrogens with one attached hydrogen (secondary N) is 1. The number of aliphatic hydroxyl groups is 1. The lowest BCUT2D eigenvalue weighted by Crippen LogP contribution is -2.30. The molecule has 3 fully saturated rings. The molecule has 3 aromatic heterocycles. The third-order valence-corrected chi connectivity index (χ3v) is 7.54. The lowest BCUT2D eigenvalue weighted by atomic mass is 10.1. The molecule has 1 unspecified atom stereocenters. The summed E-state index contributed by atoms with van der Waals surface area (Å²) < 4.78 is 27.8. The Morgan fingerprint density at radius 1 is 1.12 bits per heavy atom. The molecule has 0 aliphatic carbocycles. The van der Waals surface area contributed by atoms with Crippen LogP contribution in [0.3, 0.4) is 0 Å². The minimum atomic E-state index is -0.774. The van der Waals surface area contributed by atoms with Crippen molar-refractivity contribution >= 4 is 17.0 Å². The number of aliphatic hydroxyl groups excluding tert-OH is 1. The van der Waals surface area contributed by atoms with Crippen molar-refractivity contribution in [2.24, 2.45) is 0 Å². The van der Waals surface area contributed by atoms with E-state index in [2.05, 4.69) is 20.6 Å². The van der Waals surface area contributed by atoms with Crippen LogP contribution in [0.25, 0.3) is 28.4 Å². The maximum absolute atomic E-state index is 9.65. The first kappa shape index (κ1) is 25.5. The molecule has 6 heterocycles. The van der Waals surface area contributed by atoms with Crippen molar-refractivity contribution in [3.8, 4) is 17.2 Å². The van der Waals surface area contributed by atoms with Gasteiger partial charge in [-0.05, 0) is 33.6 Å². The summed E-state index contributed by atoms with van der Waals surface area (Å²) in [7, 11) is 0. The van der Waals surface area contributed by atoms with Crippen LogP contribution in [0.2, 0.25) is 0 Å². The van der Waals surface area contributed by atoms with Gasteiger partial charge in [-0.2, -0.15) is 14.6 Å². The summed E-state index contributed by atoms with van der Waals surface area (Å²) in [6, 6.07) is 8.20. The maximum atomic E-state index is 9.65. The molecule has 3 aliphatic rings. The average molecular weight is 549 g/mol. The fourth-order valence-electron chi connectivity index (χ4n) is 5.60. The fourth-order valence-corrected chi connectivity index (χ4v) is 5.60. The molecule has 2 N–H and O–H groups in total. The molecule has 0 bridgehead atoms. The van der Waals surface area contributed by atoms with Gasteiger partial charge in [0, 0.05) is 18.8 Å². The predicted molar refractivity (Wildman–Crippen MR) is 143 cm³/mol. The molecule has 0 saturated carbocycles. The van der Waals surface area contributed by atoms with Crippen LogP contribution in [0, 0.1) is 6.92 Å². The predicted octanol–water partition coefficient (Wildman–Crippen LogP) is 2.38. The van der Waals surface area contributed by atoms with Gasteiger partial charge in [0.05, 0.1) is 31.3 Å². The number of anilines is 1. The molecule has 13 nitrogen and oxygen atoms in total. The number of fused-ring (bicyclic) bond motifs is 2. The van der Waals surface area contributed by atoms with Crippen molar-refractivity contribution in [1.82, 2.24) is 34.5 Å². The van der Waals surface area contributed by atoms with E-state index in [1.807, 2.05) is 55.8 Å². The lowest BCUT2D eigenvalue weighted by molar-refractivity contribution is -0.197. The van der Waals surface area contributed by atoms with Gasteiger partial charge in [0.1, 0.15) is 17.9 Å². The Morgan fingerprint density at radius 3 is 2.73 bits per heavy atom. The Labute approximate surface area is 230 Å². The largest absolute Gasteiger partial charge is 0.396 e. The Balaban J connectivity index is 1.30. The van der Waals surface area contributed by atoms with E-state index in [1.165, 1.54) is 5.56 Å². The number of imidazole rings is 1. The number of aromatic nitrogens is 7. The summed E-state index contributed by atoms with van der Waals surface area (Å²) in [6.45, 7) is 7.06. The molecule has 3 aliphatic heterocycles. The molecular weight excluding hydrogens is 516 g/mol. The van der Waals surface area contributed by atoms with Crippen LogP contribution in [0.5, 0.6) is 0 Å². The number of aryl methyl sites for hydroxylation is 1. The summed E-state index contributed by atoms with van der Waals surface area (Å²) in [6.07, 6.45) is 3.17. The maximum Gasteiger partial charge on any atom is 0.256 e. The van der Waals surface area contributed by atoms with E-state index in [0.717, 1.165) is 12.0 Å². The zero-order valence-corrected chi connectivity index (χ0v) is 22.6. The van der Waals surface area contributed by atoms with Crippen molar-refractivity contribution in [2.45, 2.75) is 70.0 Å². The molecule has 13 heteroatoms. The van der Waals surface area contributed by atoms with E-state index in [9.17, 15) is 5.11 Å². The summed E-state index contributed by atoms with van der Waals surface area (Å²) in [5.74, 6) is 0.142. The van der Waals surface area contributed by atoms with Gasteiger partial charge < -0.3 is 29.4 Å². The molecule has 5 atom stereocenters. The Morgan fingerprint density at radius 2 is 1.95 bits per heavy atom. The second-order valence-corrected chi connectivity index (χ2v) is 11.0. The van der Waals surface area contributed by atoms with Crippen LogP contribution in [0.1, 0.15) is 38.5 Å².